The molecule has 0 saturated heterocycles. The fourth-order valence-corrected chi connectivity index (χ4v) is 1.76. The van der Waals surface area contributed by atoms with E-state index in [-0.39, 0.29) is 0 Å². The minimum atomic E-state index is 0.927. The Labute approximate surface area is 105 Å². The molecule has 0 fully saturated rings. The summed E-state index contributed by atoms with van der Waals surface area (Å²) in [5.74, 6) is 0.927. The smallest absolute Gasteiger partial charge is 0.141 e. The molecule has 0 aliphatic heterocycles. The molecular weight excluding hydrogens is 212 g/mol. The van der Waals surface area contributed by atoms with E-state index in [0.717, 1.165) is 30.9 Å². The zero-order valence-electron chi connectivity index (χ0n) is 11.2. The van der Waals surface area contributed by atoms with Crippen molar-refractivity contribution in [3.63, 3.8) is 0 Å². The molecule has 0 amide bonds. The summed E-state index contributed by atoms with van der Waals surface area (Å²) in [7, 11) is 3.70. The van der Waals surface area contributed by atoms with Crippen LogP contribution in [0.5, 0.6) is 5.75 Å². The summed E-state index contributed by atoms with van der Waals surface area (Å²) in [4.78, 5) is 0. The quantitative estimate of drug-likeness (QED) is 0.681. The van der Waals surface area contributed by atoms with E-state index in [1.165, 1.54) is 18.4 Å². The van der Waals surface area contributed by atoms with E-state index in [4.69, 9.17) is 4.74 Å². The molecule has 0 saturated carbocycles. The van der Waals surface area contributed by atoms with Gasteiger partial charge < -0.3 is 15.4 Å². The molecule has 96 valence electrons. The first-order valence-corrected chi connectivity index (χ1v) is 6.37. The predicted molar refractivity (Wildman–Crippen MR) is 74.0 cm³/mol. The summed E-state index contributed by atoms with van der Waals surface area (Å²) in [5.41, 5.74) is 2.44. The van der Waals surface area contributed by atoms with Crippen molar-refractivity contribution in [3.05, 3.63) is 23.8 Å². The Morgan fingerprint density at radius 1 is 1.18 bits per heavy atom. The lowest BCUT2D eigenvalue weighted by atomic mass is 10.1. The average molecular weight is 236 g/mol. The summed E-state index contributed by atoms with van der Waals surface area (Å²) in [6.45, 7) is 4.23. The molecule has 1 rings (SSSR count). The molecule has 0 atom stereocenters. The molecule has 1 aromatic carbocycles. The zero-order chi connectivity index (χ0) is 12.5. The van der Waals surface area contributed by atoms with Gasteiger partial charge in [-0.3, -0.25) is 0 Å². The summed E-state index contributed by atoms with van der Waals surface area (Å²) < 4.78 is 5.35. The van der Waals surface area contributed by atoms with Gasteiger partial charge in [0.05, 0.1) is 12.8 Å². The van der Waals surface area contributed by atoms with Crippen LogP contribution in [0, 0.1) is 0 Å². The van der Waals surface area contributed by atoms with Gasteiger partial charge >= 0.3 is 0 Å². The second-order valence-electron chi connectivity index (χ2n) is 4.13. The number of unbranched alkanes of at least 4 members (excludes halogenated alkanes) is 1. The number of benzene rings is 1. The highest BCUT2D eigenvalue weighted by Gasteiger charge is 2.02. The van der Waals surface area contributed by atoms with Crippen molar-refractivity contribution in [3.8, 4) is 5.75 Å². The summed E-state index contributed by atoms with van der Waals surface area (Å²) in [6.07, 6.45) is 3.41. The van der Waals surface area contributed by atoms with Crippen LogP contribution in [0.3, 0.4) is 0 Å². The maximum absolute atomic E-state index is 5.35. The van der Waals surface area contributed by atoms with E-state index < -0.39 is 0 Å². The molecule has 3 heteroatoms. The molecule has 0 unspecified atom stereocenters. The number of anilines is 1. The molecule has 0 bridgehead atoms. The second-order valence-corrected chi connectivity index (χ2v) is 4.13. The van der Waals surface area contributed by atoms with Crippen molar-refractivity contribution >= 4 is 5.69 Å². The van der Waals surface area contributed by atoms with Gasteiger partial charge in [0.15, 0.2) is 0 Å². The van der Waals surface area contributed by atoms with Crippen molar-refractivity contribution in [1.82, 2.24) is 5.32 Å². The maximum Gasteiger partial charge on any atom is 0.141 e. The normalized spacial score (nSPS) is 10.3. The fourth-order valence-electron chi connectivity index (χ4n) is 1.76. The first kappa shape index (κ1) is 13.8. The SMILES string of the molecule is CCc1ccc(OC)c(NCCCCNC)c1. The highest BCUT2D eigenvalue weighted by atomic mass is 16.5. The number of nitrogens with one attached hydrogen (secondary N) is 2. The van der Waals surface area contributed by atoms with E-state index in [9.17, 15) is 0 Å². The van der Waals surface area contributed by atoms with E-state index in [1.807, 2.05) is 13.1 Å². The van der Waals surface area contributed by atoms with Crippen LogP contribution < -0.4 is 15.4 Å². The van der Waals surface area contributed by atoms with Crippen molar-refractivity contribution < 1.29 is 4.74 Å². The van der Waals surface area contributed by atoms with E-state index >= 15 is 0 Å². The first-order valence-electron chi connectivity index (χ1n) is 6.37. The van der Waals surface area contributed by atoms with Crippen LogP contribution in [0.15, 0.2) is 18.2 Å². The Morgan fingerprint density at radius 3 is 2.59 bits per heavy atom. The Balaban J connectivity index is 2.49. The topological polar surface area (TPSA) is 33.3 Å². The number of hydrogen-bond donors (Lipinski definition) is 2. The van der Waals surface area contributed by atoms with Crippen LogP contribution >= 0.6 is 0 Å². The summed E-state index contributed by atoms with van der Waals surface area (Å²) in [6, 6.07) is 6.33. The van der Waals surface area contributed by atoms with E-state index in [1.54, 1.807) is 7.11 Å². The third kappa shape index (κ3) is 4.65. The van der Waals surface area contributed by atoms with Gasteiger partial charge in [-0.1, -0.05) is 13.0 Å². The number of aryl methyl sites for hydroxylation is 1. The van der Waals surface area contributed by atoms with Crippen LogP contribution in [0.1, 0.15) is 25.3 Å². The summed E-state index contributed by atoms with van der Waals surface area (Å²) >= 11 is 0. The Morgan fingerprint density at radius 2 is 1.94 bits per heavy atom. The number of rotatable bonds is 8. The lowest BCUT2D eigenvalue weighted by Gasteiger charge is -2.12. The van der Waals surface area contributed by atoms with Crippen molar-refractivity contribution in [2.24, 2.45) is 0 Å². The van der Waals surface area contributed by atoms with E-state index in [0.29, 0.717) is 0 Å². The zero-order valence-corrected chi connectivity index (χ0v) is 11.2. The fraction of sp³-hybridized carbons (Fsp3) is 0.571. The molecule has 0 radical (unpaired) electrons. The van der Waals surface area contributed by atoms with Crippen LogP contribution in [0.25, 0.3) is 0 Å². The predicted octanol–water partition coefficient (Wildman–Crippen LogP) is 2.67. The molecule has 17 heavy (non-hydrogen) atoms. The molecular formula is C14H24N2O. The summed E-state index contributed by atoms with van der Waals surface area (Å²) in [5, 5.41) is 6.60. The van der Waals surface area contributed by atoms with Crippen LogP contribution in [-0.2, 0) is 6.42 Å². The van der Waals surface area contributed by atoms with Gasteiger partial charge in [-0.05, 0) is 50.6 Å². The molecule has 0 aliphatic rings. The van der Waals surface area contributed by atoms with Gasteiger partial charge in [-0.2, -0.15) is 0 Å². The van der Waals surface area contributed by atoms with Crippen LogP contribution in [0.4, 0.5) is 5.69 Å². The third-order valence-electron chi connectivity index (χ3n) is 2.84. The molecule has 0 aromatic heterocycles. The van der Waals surface area contributed by atoms with Gasteiger partial charge in [0, 0.05) is 6.54 Å². The lowest BCUT2D eigenvalue weighted by Crippen LogP contribution is -2.10. The number of hydrogen-bond acceptors (Lipinski definition) is 3. The van der Waals surface area contributed by atoms with Gasteiger partial charge in [-0.25, -0.2) is 0 Å². The van der Waals surface area contributed by atoms with Crippen molar-refractivity contribution in [2.45, 2.75) is 26.2 Å². The van der Waals surface area contributed by atoms with Crippen molar-refractivity contribution in [2.75, 3.05) is 32.6 Å². The van der Waals surface area contributed by atoms with Gasteiger partial charge in [-0.15, -0.1) is 0 Å². The third-order valence-corrected chi connectivity index (χ3v) is 2.84. The first-order chi connectivity index (χ1) is 8.31. The Bertz CT molecular complexity index is 326. The lowest BCUT2D eigenvalue weighted by molar-refractivity contribution is 0.416. The van der Waals surface area contributed by atoms with Crippen LogP contribution in [0.2, 0.25) is 0 Å². The molecule has 3 nitrogen and oxygen atoms in total. The second kappa shape index (κ2) is 7.96. The van der Waals surface area contributed by atoms with Gasteiger partial charge in [0.25, 0.3) is 0 Å². The Hall–Kier alpha value is -1.22. The minimum absolute atomic E-state index is 0.927. The number of ether oxygens (including phenoxy) is 1. The maximum atomic E-state index is 5.35. The molecule has 0 spiro atoms. The highest BCUT2D eigenvalue weighted by Crippen LogP contribution is 2.25. The van der Waals surface area contributed by atoms with Crippen molar-refractivity contribution in [1.29, 1.82) is 0 Å². The van der Waals surface area contributed by atoms with E-state index in [2.05, 4.69) is 29.7 Å². The molecule has 0 heterocycles. The van der Waals surface area contributed by atoms with Crippen LogP contribution in [-0.4, -0.2) is 27.2 Å². The highest BCUT2D eigenvalue weighted by molar-refractivity contribution is 5.58. The molecule has 0 aliphatic carbocycles. The monoisotopic (exact) mass is 236 g/mol. The van der Waals surface area contributed by atoms with Gasteiger partial charge in [0.1, 0.15) is 5.75 Å². The molecule has 1 aromatic rings. The Kier molecular flexibility index (Phi) is 6.48. The average Bonchev–Trinajstić information content (AvgIpc) is 2.38. The molecule has 2 N–H and O–H groups in total. The van der Waals surface area contributed by atoms with Gasteiger partial charge in [0.2, 0.25) is 0 Å². The largest absolute Gasteiger partial charge is 0.495 e. The standard InChI is InChI=1S/C14H24N2O/c1-4-12-7-8-14(17-3)13(11-12)16-10-6-5-9-15-2/h7-8,11,15-16H,4-6,9-10H2,1-3H3. The number of methoxy groups -OCH3 is 1. The minimum Gasteiger partial charge on any atom is -0.495 e.